The van der Waals surface area contributed by atoms with Crippen molar-refractivity contribution in [2.45, 2.75) is 46.6 Å². The van der Waals surface area contributed by atoms with Crippen molar-refractivity contribution in [3.63, 3.8) is 0 Å². The average Bonchev–Trinajstić information content (AvgIpc) is 2.07. The predicted molar refractivity (Wildman–Crippen MR) is 47.6 cm³/mol. The fourth-order valence-corrected chi connectivity index (χ4v) is 1.59. The van der Waals surface area contributed by atoms with Crippen LogP contribution < -0.4 is 0 Å². The van der Waals surface area contributed by atoms with Gasteiger partial charge in [0.15, 0.2) is 0 Å². The van der Waals surface area contributed by atoms with Gasteiger partial charge in [-0.2, -0.15) is 0 Å². The minimum atomic E-state index is 0.123. The molecule has 0 unspecified atom stereocenters. The third-order valence-electron chi connectivity index (χ3n) is 2.64. The van der Waals surface area contributed by atoms with Gasteiger partial charge in [-0.25, -0.2) is 0 Å². The molecule has 0 spiro atoms. The van der Waals surface area contributed by atoms with Crippen molar-refractivity contribution in [3.05, 3.63) is 0 Å². The second kappa shape index (κ2) is 2.48. The van der Waals surface area contributed by atoms with Gasteiger partial charge in [-0.05, 0) is 31.6 Å². The molecule has 1 saturated heterocycles. The van der Waals surface area contributed by atoms with Crippen molar-refractivity contribution in [1.82, 2.24) is 0 Å². The van der Waals surface area contributed by atoms with Crippen molar-refractivity contribution in [2.24, 2.45) is 11.3 Å². The van der Waals surface area contributed by atoms with Crippen LogP contribution in [0.3, 0.4) is 0 Å². The van der Waals surface area contributed by atoms with Gasteiger partial charge in [-0.1, -0.05) is 20.8 Å². The van der Waals surface area contributed by atoms with Gasteiger partial charge in [0.2, 0.25) is 0 Å². The molecule has 0 aromatic carbocycles. The minimum Gasteiger partial charge on any atom is -0.375 e. The lowest BCUT2D eigenvalue weighted by Gasteiger charge is -2.26. The number of hydrogen-bond donors (Lipinski definition) is 0. The van der Waals surface area contributed by atoms with Crippen molar-refractivity contribution in [2.75, 3.05) is 6.61 Å². The van der Waals surface area contributed by atoms with Crippen LogP contribution in [-0.4, -0.2) is 12.2 Å². The van der Waals surface area contributed by atoms with Crippen LogP contribution >= 0.6 is 0 Å². The first kappa shape index (κ1) is 9.05. The summed E-state index contributed by atoms with van der Waals surface area (Å²) < 4.78 is 5.68. The lowest BCUT2D eigenvalue weighted by molar-refractivity contribution is 0.0324. The van der Waals surface area contributed by atoms with Crippen molar-refractivity contribution < 1.29 is 4.74 Å². The first-order valence-electron chi connectivity index (χ1n) is 4.45. The van der Waals surface area contributed by atoms with E-state index in [1.165, 1.54) is 6.42 Å². The van der Waals surface area contributed by atoms with Crippen molar-refractivity contribution in [1.29, 1.82) is 0 Å². The lowest BCUT2D eigenvalue weighted by atomic mass is 9.78. The summed E-state index contributed by atoms with van der Waals surface area (Å²) >= 11 is 0. The smallest absolute Gasteiger partial charge is 0.0630 e. The number of hydrogen-bond acceptors (Lipinski definition) is 1. The van der Waals surface area contributed by atoms with Crippen molar-refractivity contribution >= 4 is 0 Å². The molecular weight excluding hydrogens is 136 g/mol. The van der Waals surface area contributed by atoms with Gasteiger partial charge < -0.3 is 4.74 Å². The Kier molecular flexibility index (Phi) is 2.04. The topological polar surface area (TPSA) is 9.23 Å². The Balaban J connectivity index is 2.55. The number of ether oxygens (including phenoxy) is 1. The van der Waals surface area contributed by atoms with Gasteiger partial charge in [-0.15, -0.1) is 0 Å². The Morgan fingerprint density at radius 1 is 1.27 bits per heavy atom. The summed E-state index contributed by atoms with van der Waals surface area (Å²) in [4.78, 5) is 0. The third-order valence-corrected chi connectivity index (χ3v) is 2.64. The highest BCUT2D eigenvalue weighted by atomic mass is 16.5. The van der Waals surface area contributed by atoms with Crippen LogP contribution in [-0.2, 0) is 4.74 Å². The van der Waals surface area contributed by atoms with E-state index in [9.17, 15) is 0 Å². The zero-order valence-electron chi connectivity index (χ0n) is 8.40. The maximum absolute atomic E-state index is 5.68. The standard InChI is InChI=1S/C10H20O/c1-9(2,3)8-6-10(4,5)11-7-8/h8H,6-7H2,1-5H3/t8-/m1/s1. The summed E-state index contributed by atoms with van der Waals surface area (Å²) in [6.07, 6.45) is 1.20. The monoisotopic (exact) mass is 156 g/mol. The largest absolute Gasteiger partial charge is 0.375 e. The molecule has 0 aromatic rings. The Labute approximate surface area is 70.1 Å². The molecule has 1 atom stereocenters. The van der Waals surface area contributed by atoms with Crippen LogP contribution in [0, 0.1) is 11.3 Å². The molecule has 1 heterocycles. The molecule has 0 aliphatic carbocycles. The molecule has 1 aliphatic rings. The molecule has 0 aromatic heterocycles. The van der Waals surface area contributed by atoms with E-state index in [1.54, 1.807) is 0 Å². The van der Waals surface area contributed by atoms with Gasteiger partial charge in [0.25, 0.3) is 0 Å². The van der Waals surface area contributed by atoms with Crippen LogP contribution in [0.2, 0.25) is 0 Å². The molecule has 1 nitrogen and oxygen atoms in total. The Morgan fingerprint density at radius 2 is 1.82 bits per heavy atom. The molecule has 1 rings (SSSR count). The molecule has 0 amide bonds. The SMILES string of the molecule is CC1(C)C[C@@H](C(C)(C)C)CO1. The summed E-state index contributed by atoms with van der Waals surface area (Å²) in [6.45, 7) is 12.2. The summed E-state index contributed by atoms with van der Waals surface area (Å²) in [7, 11) is 0. The van der Waals surface area contributed by atoms with E-state index >= 15 is 0 Å². The first-order chi connectivity index (χ1) is 4.81. The zero-order chi connectivity index (χ0) is 8.70. The quantitative estimate of drug-likeness (QED) is 0.524. The first-order valence-corrected chi connectivity index (χ1v) is 4.45. The zero-order valence-corrected chi connectivity index (χ0v) is 8.40. The number of rotatable bonds is 0. The maximum atomic E-state index is 5.68. The fraction of sp³-hybridized carbons (Fsp3) is 1.00. The van der Waals surface area contributed by atoms with E-state index in [0.717, 1.165) is 12.5 Å². The summed E-state index contributed by atoms with van der Waals surface area (Å²) in [6, 6.07) is 0. The highest BCUT2D eigenvalue weighted by molar-refractivity contribution is 4.86. The highest BCUT2D eigenvalue weighted by Crippen LogP contribution is 2.39. The van der Waals surface area contributed by atoms with Crippen LogP contribution in [0.25, 0.3) is 0 Å². The molecular formula is C10H20O. The van der Waals surface area contributed by atoms with E-state index in [0.29, 0.717) is 5.41 Å². The van der Waals surface area contributed by atoms with E-state index in [-0.39, 0.29) is 5.60 Å². The molecule has 1 heteroatoms. The van der Waals surface area contributed by atoms with Gasteiger partial charge >= 0.3 is 0 Å². The second-order valence-corrected chi connectivity index (χ2v) is 5.34. The van der Waals surface area contributed by atoms with Crippen LogP contribution in [0.4, 0.5) is 0 Å². The Morgan fingerprint density at radius 3 is 2.00 bits per heavy atom. The Bertz CT molecular complexity index is 141. The van der Waals surface area contributed by atoms with Gasteiger partial charge in [-0.3, -0.25) is 0 Å². The highest BCUT2D eigenvalue weighted by Gasteiger charge is 2.37. The summed E-state index contributed by atoms with van der Waals surface area (Å²) in [5, 5.41) is 0. The molecule has 1 aliphatic heterocycles. The molecule has 0 saturated carbocycles. The average molecular weight is 156 g/mol. The van der Waals surface area contributed by atoms with Crippen LogP contribution in [0.15, 0.2) is 0 Å². The van der Waals surface area contributed by atoms with Crippen LogP contribution in [0.5, 0.6) is 0 Å². The van der Waals surface area contributed by atoms with E-state index in [4.69, 9.17) is 4.74 Å². The van der Waals surface area contributed by atoms with Gasteiger partial charge in [0, 0.05) is 0 Å². The molecule has 66 valence electrons. The van der Waals surface area contributed by atoms with Crippen LogP contribution in [0.1, 0.15) is 41.0 Å². The van der Waals surface area contributed by atoms with Crippen molar-refractivity contribution in [3.8, 4) is 0 Å². The van der Waals surface area contributed by atoms with E-state index in [1.807, 2.05) is 0 Å². The molecule has 0 N–H and O–H groups in total. The Hall–Kier alpha value is -0.0400. The molecule has 0 radical (unpaired) electrons. The molecule has 11 heavy (non-hydrogen) atoms. The van der Waals surface area contributed by atoms with Gasteiger partial charge in [0.05, 0.1) is 12.2 Å². The summed E-state index contributed by atoms with van der Waals surface area (Å²) in [5.74, 6) is 0.734. The molecule has 0 bridgehead atoms. The minimum absolute atomic E-state index is 0.123. The normalized spacial score (nSPS) is 30.8. The second-order valence-electron chi connectivity index (χ2n) is 5.34. The summed E-state index contributed by atoms with van der Waals surface area (Å²) in [5.41, 5.74) is 0.533. The van der Waals surface area contributed by atoms with E-state index in [2.05, 4.69) is 34.6 Å². The predicted octanol–water partition coefficient (Wildman–Crippen LogP) is 2.85. The fourth-order valence-electron chi connectivity index (χ4n) is 1.59. The van der Waals surface area contributed by atoms with Gasteiger partial charge in [0.1, 0.15) is 0 Å². The maximum Gasteiger partial charge on any atom is 0.0630 e. The third kappa shape index (κ3) is 2.19. The lowest BCUT2D eigenvalue weighted by Crippen LogP contribution is -2.22. The van der Waals surface area contributed by atoms with E-state index < -0.39 is 0 Å². The molecule has 1 fully saturated rings.